The molecule has 7 nitrogen and oxygen atoms in total. The van der Waals surface area contributed by atoms with Crippen LogP contribution in [0.2, 0.25) is 0 Å². The zero-order chi connectivity index (χ0) is 15.2. The fourth-order valence-electron chi connectivity index (χ4n) is 2.39. The molecule has 0 unspecified atom stereocenters. The number of ether oxygens (including phenoxy) is 1. The molecule has 1 saturated heterocycles. The predicted molar refractivity (Wildman–Crippen MR) is 77.6 cm³/mol. The molecule has 7 heteroatoms. The van der Waals surface area contributed by atoms with Crippen LogP contribution >= 0.6 is 0 Å². The summed E-state index contributed by atoms with van der Waals surface area (Å²) in [6.07, 6.45) is 2.09. The number of nitro groups is 1. The van der Waals surface area contributed by atoms with Gasteiger partial charge in [-0.25, -0.2) is 0 Å². The Balaban J connectivity index is 2.00. The monoisotopic (exact) mass is 293 g/mol. The molecule has 0 aliphatic carbocycles. The van der Waals surface area contributed by atoms with E-state index in [1.54, 1.807) is 0 Å². The molecule has 21 heavy (non-hydrogen) atoms. The predicted octanol–water partition coefficient (Wildman–Crippen LogP) is 1.33. The van der Waals surface area contributed by atoms with Crippen molar-refractivity contribution in [2.24, 2.45) is 5.92 Å². The van der Waals surface area contributed by atoms with Gasteiger partial charge in [-0.2, -0.15) is 0 Å². The number of benzene rings is 1. The molecule has 0 aromatic heterocycles. The van der Waals surface area contributed by atoms with Crippen molar-refractivity contribution >= 4 is 11.6 Å². The van der Waals surface area contributed by atoms with E-state index < -0.39 is 4.92 Å². The average molecular weight is 293 g/mol. The molecule has 1 aliphatic rings. The van der Waals surface area contributed by atoms with Crippen LogP contribution in [0.25, 0.3) is 0 Å². The third kappa shape index (κ3) is 3.91. The van der Waals surface area contributed by atoms with Crippen molar-refractivity contribution < 1.29 is 14.5 Å². The van der Waals surface area contributed by atoms with E-state index in [1.165, 1.54) is 25.3 Å². The van der Waals surface area contributed by atoms with Crippen LogP contribution in [0.1, 0.15) is 23.2 Å². The first-order valence-electron chi connectivity index (χ1n) is 6.93. The lowest BCUT2D eigenvalue weighted by Gasteiger charge is -2.22. The molecule has 1 aliphatic heterocycles. The van der Waals surface area contributed by atoms with E-state index in [0.29, 0.717) is 18.0 Å². The van der Waals surface area contributed by atoms with Crippen molar-refractivity contribution in [1.82, 2.24) is 10.6 Å². The number of carbonyl (C=O) groups excluding carboxylic acids is 1. The number of nitro benzene ring substituents is 1. The maximum Gasteiger partial charge on any atom is 0.310 e. The minimum Gasteiger partial charge on any atom is -0.490 e. The minimum absolute atomic E-state index is 0.0921. The van der Waals surface area contributed by atoms with Crippen molar-refractivity contribution in [3.63, 3.8) is 0 Å². The lowest BCUT2D eigenvalue weighted by molar-refractivity contribution is -0.385. The molecule has 0 atom stereocenters. The van der Waals surface area contributed by atoms with Crippen LogP contribution in [0, 0.1) is 16.0 Å². The van der Waals surface area contributed by atoms with Gasteiger partial charge in [0.2, 0.25) is 0 Å². The number of hydrogen-bond donors (Lipinski definition) is 2. The van der Waals surface area contributed by atoms with Gasteiger partial charge < -0.3 is 15.4 Å². The smallest absolute Gasteiger partial charge is 0.310 e. The lowest BCUT2D eigenvalue weighted by Crippen LogP contribution is -2.35. The summed E-state index contributed by atoms with van der Waals surface area (Å²) in [5, 5.41) is 17.0. The molecule has 0 radical (unpaired) electrons. The summed E-state index contributed by atoms with van der Waals surface area (Å²) in [4.78, 5) is 22.4. The Hall–Kier alpha value is -2.15. The van der Waals surface area contributed by atoms with Gasteiger partial charge in [-0.05, 0) is 37.9 Å². The molecule has 1 amide bonds. The molecule has 1 aromatic rings. The molecule has 0 spiro atoms. The van der Waals surface area contributed by atoms with Gasteiger partial charge in [0.1, 0.15) is 0 Å². The number of methoxy groups -OCH3 is 1. The Kier molecular flexibility index (Phi) is 5.10. The van der Waals surface area contributed by atoms with Crippen LogP contribution in [-0.2, 0) is 0 Å². The van der Waals surface area contributed by atoms with Crippen LogP contribution in [-0.4, -0.2) is 37.6 Å². The SMILES string of the molecule is COc1cc(C(=O)NCC2CCNCC2)ccc1[N+](=O)[O-]. The van der Waals surface area contributed by atoms with Gasteiger partial charge >= 0.3 is 5.69 Å². The van der Waals surface area contributed by atoms with Crippen LogP contribution < -0.4 is 15.4 Å². The Morgan fingerprint density at radius 2 is 2.19 bits per heavy atom. The Labute approximate surface area is 122 Å². The van der Waals surface area contributed by atoms with Gasteiger partial charge in [-0.1, -0.05) is 0 Å². The van der Waals surface area contributed by atoms with E-state index in [0.717, 1.165) is 25.9 Å². The molecule has 2 rings (SSSR count). The standard InChI is InChI=1S/C14H19N3O4/c1-21-13-8-11(2-3-12(13)17(19)20)14(18)16-9-10-4-6-15-7-5-10/h2-3,8,10,15H,4-7,9H2,1H3,(H,16,18). The highest BCUT2D eigenvalue weighted by Crippen LogP contribution is 2.27. The summed E-state index contributed by atoms with van der Waals surface area (Å²) < 4.78 is 4.96. The summed E-state index contributed by atoms with van der Waals surface area (Å²) in [5.74, 6) is 0.339. The van der Waals surface area contributed by atoms with E-state index in [9.17, 15) is 14.9 Å². The first-order valence-corrected chi connectivity index (χ1v) is 6.93. The van der Waals surface area contributed by atoms with E-state index in [-0.39, 0.29) is 17.3 Å². The van der Waals surface area contributed by atoms with Gasteiger partial charge in [-0.15, -0.1) is 0 Å². The average Bonchev–Trinajstić information content (AvgIpc) is 2.52. The zero-order valence-corrected chi connectivity index (χ0v) is 11.9. The number of amides is 1. The molecule has 1 fully saturated rings. The number of nitrogens with one attached hydrogen (secondary N) is 2. The second kappa shape index (κ2) is 7.03. The van der Waals surface area contributed by atoms with E-state index in [2.05, 4.69) is 10.6 Å². The minimum atomic E-state index is -0.532. The van der Waals surface area contributed by atoms with Crippen LogP contribution in [0.5, 0.6) is 5.75 Å². The van der Waals surface area contributed by atoms with Crippen LogP contribution in [0.15, 0.2) is 18.2 Å². The fraction of sp³-hybridized carbons (Fsp3) is 0.500. The number of nitrogens with zero attached hydrogens (tertiary/aromatic N) is 1. The summed E-state index contributed by atoms with van der Waals surface area (Å²) in [7, 11) is 1.35. The van der Waals surface area contributed by atoms with Gasteiger partial charge in [-0.3, -0.25) is 14.9 Å². The van der Waals surface area contributed by atoms with E-state index in [1.807, 2.05) is 0 Å². The molecule has 114 valence electrons. The second-order valence-corrected chi connectivity index (χ2v) is 5.05. The van der Waals surface area contributed by atoms with Crippen molar-refractivity contribution in [3.8, 4) is 5.75 Å². The Morgan fingerprint density at radius 1 is 1.48 bits per heavy atom. The molecule has 1 aromatic carbocycles. The highest BCUT2D eigenvalue weighted by Gasteiger charge is 2.18. The number of piperidine rings is 1. The molecule has 0 bridgehead atoms. The molecule has 2 N–H and O–H groups in total. The van der Waals surface area contributed by atoms with Crippen molar-refractivity contribution in [1.29, 1.82) is 0 Å². The third-order valence-electron chi connectivity index (χ3n) is 3.65. The van der Waals surface area contributed by atoms with Gasteiger partial charge in [0.25, 0.3) is 5.91 Å². The molecular weight excluding hydrogens is 274 g/mol. The zero-order valence-electron chi connectivity index (χ0n) is 11.9. The second-order valence-electron chi connectivity index (χ2n) is 5.05. The topological polar surface area (TPSA) is 93.5 Å². The third-order valence-corrected chi connectivity index (χ3v) is 3.65. The van der Waals surface area contributed by atoms with Gasteiger partial charge in [0.15, 0.2) is 5.75 Å². The maximum absolute atomic E-state index is 12.1. The number of carbonyl (C=O) groups is 1. The summed E-state index contributed by atoms with van der Waals surface area (Å²) in [6.45, 7) is 2.58. The molecule has 0 saturated carbocycles. The number of rotatable bonds is 5. The van der Waals surface area contributed by atoms with Gasteiger partial charge in [0.05, 0.1) is 12.0 Å². The van der Waals surface area contributed by atoms with Crippen molar-refractivity contribution in [2.45, 2.75) is 12.8 Å². The Morgan fingerprint density at radius 3 is 2.81 bits per heavy atom. The lowest BCUT2D eigenvalue weighted by atomic mass is 9.98. The number of hydrogen-bond acceptors (Lipinski definition) is 5. The quantitative estimate of drug-likeness (QED) is 0.631. The fourth-order valence-corrected chi connectivity index (χ4v) is 2.39. The first kappa shape index (κ1) is 15.2. The van der Waals surface area contributed by atoms with E-state index in [4.69, 9.17) is 4.74 Å². The van der Waals surface area contributed by atoms with Crippen molar-refractivity contribution in [3.05, 3.63) is 33.9 Å². The Bertz CT molecular complexity index is 527. The van der Waals surface area contributed by atoms with E-state index >= 15 is 0 Å². The summed E-state index contributed by atoms with van der Waals surface area (Å²) in [5.41, 5.74) is 0.221. The largest absolute Gasteiger partial charge is 0.490 e. The van der Waals surface area contributed by atoms with Crippen molar-refractivity contribution in [2.75, 3.05) is 26.7 Å². The normalized spacial score (nSPS) is 15.5. The maximum atomic E-state index is 12.1. The summed E-state index contributed by atoms with van der Waals surface area (Å²) in [6, 6.07) is 4.13. The highest BCUT2D eigenvalue weighted by molar-refractivity contribution is 5.95. The van der Waals surface area contributed by atoms with Gasteiger partial charge in [0, 0.05) is 24.2 Å². The van der Waals surface area contributed by atoms with Crippen LogP contribution in [0.3, 0.4) is 0 Å². The summed E-state index contributed by atoms with van der Waals surface area (Å²) >= 11 is 0. The van der Waals surface area contributed by atoms with Crippen LogP contribution in [0.4, 0.5) is 5.69 Å². The first-order chi connectivity index (χ1) is 10.1. The highest BCUT2D eigenvalue weighted by atomic mass is 16.6. The molecular formula is C14H19N3O4. The molecule has 1 heterocycles.